The summed E-state index contributed by atoms with van der Waals surface area (Å²) < 4.78 is 11.0. The van der Waals surface area contributed by atoms with Crippen LogP contribution in [0, 0.1) is 4.91 Å². The van der Waals surface area contributed by atoms with E-state index in [2.05, 4.69) is 5.18 Å². The zero-order chi connectivity index (χ0) is 15.7. The molecule has 0 saturated carbocycles. The number of nitrogens with zero attached hydrogens (tertiary/aromatic N) is 1. The number of hydrogen-bond acceptors (Lipinski definition) is 6. The Morgan fingerprint density at radius 2 is 1.95 bits per heavy atom. The van der Waals surface area contributed by atoms with Crippen LogP contribution in [0.4, 0.5) is 0 Å². The Bertz CT molecular complexity index is 689. The summed E-state index contributed by atoms with van der Waals surface area (Å²) in [7, 11) is 1.53. The van der Waals surface area contributed by atoms with Crippen LogP contribution in [-0.2, 0) is 4.74 Å². The maximum atomic E-state index is 11.1. The quantitative estimate of drug-likeness (QED) is 0.840. The summed E-state index contributed by atoms with van der Waals surface area (Å²) in [5, 5.41) is 24.2. The Hall–Kier alpha value is -2.02. The van der Waals surface area contributed by atoms with E-state index in [0.717, 1.165) is 10.8 Å². The van der Waals surface area contributed by atoms with E-state index in [9.17, 15) is 15.1 Å². The van der Waals surface area contributed by atoms with E-state index in [0.29, 0.717) is 11.3 Å². The number of hydrogen-bond donors (Lipinski definition) is 2. The molecule has 6 heteroatoms. The monoisotopic (exact) mass is 303 g/mol. The molecule has 0 spiro atoms. The number of fused-ring (bicyclic) bond motifs is 1. The topological polar surface area (TPSA) is 88.3 Å². The summed E-state index contributed by atoms with van der Waals surface area (Å²) in [6.45, 7) is -0.375. The van der Waals surface area contributed by atoms with Crippen molar-refractivity contribution < 1.29 is 19.7 Å². The van der Waals surface area contributed by atoms with Crippen molar-refractivity contribution in [1.82, 2.24) is 0 Å². The molecule has 0 bridgehead atoms. The van der Waals surface area contributed by atoms with E-state index < -0.39 is 24.4 Å². The molecule has 1 heterocycles. The van der Waals surface area contributed by atoms with Crippen LogP contribution < -0.4 is 4.74 Å². The molecule has 0 radical (unpaired) electrons. The normalized spacial score (nSPS) is 28.0. The Labute approximate surface area is 127 Å². The number of rotatable bonds is 4. The van der Waals surface area contributed by atoms with E-state index in [1.165, 1.54) is 7.11 Å². The predicted octanol–water partition coefficient (Wildman–Crippen LogP) is 1.78. The molecule has 0 amide bonds. The third-order valence-corrected chi connectivity index (χ3v) is 4.07. The number of ether oxygens (including phenoxy) is 2. The summed E-state index contributed by atoms with van der Waals surface area (Å²) >= 11 is 0. The lowest BCUT2D eigenvalue weighted by atomic mass is 9.96. The number of nitroso groups, excluding NO2 is 1. The van der Waals surface area contributed by atoms with E-state index in [-0.39, 0.29) is 6.61 Å². The lowest BCUT2D eigenvalue weighted by Gasteiger charge is -2.18. The Morgan fingerprint density at radius 1 is 1.27 bits per heavy atom. The molecule has 2 aromatic rings. The van der Waals surface area contributed by atoms with Crippen molar-refractivity contribution in [1.29, 1.82) is 0 Å². The largest absolute Gasteiger partial charge is 0.496 e. The van der Waals surface area contributed by atoms with Gasteiger partial charge in [0.25, 0.3) is 0 Å². The molecule has 1 aliphatic rings. The first-order valence-corrected chi connectivity index (χ1v) is 7.03. The zero-order valence-corrected chi connectivity index (χ0v) is 12.0. The van der Waals surface area contributed by atoms with Crippen molar-refractivity contribution in [2.24, 2.45) is 5.18 Å². The van der Waals surface area contributed by atoms with Crippen LogP contribution in [-0.4, -0.2) is 42.2 Å². The number of methoxy groups -OCH3 is 1. The highest BCUT2D eigenvalue weighted by Crippen LogP contribution is 2.41. The van der Waals surface area contributed by atoms with Crippen LogP contribution in [0.2, 0.25) is 0 Å². The van der Waals surface area contributed by atoms with Crippen LogP contribution >= 0.6 is 0 Å². The molecule has 116 valence electrons. The van der Waals surface area contributed by atoms with Gasteiger partial charge >= 0.3 is 0 Å². The van der Waals surface area contributed by atoms with Gasteiger partial charge in [-0.1, -0.05) is 29.4 Å². The molecule has 1 aliphatic heterocycles. The standard InChI is InChI=1S/C16H17NO5/c1-21-12-7-10-5-3-2-4-9(10)6-11(12)16-14(17-20)15(19)13(8-18)22-16/h2-7,13-16,18-19H,8H2,1H3. The minimum atomic E-state index is -1.14. The smallest absolute Gasteiger partial charge is 0.151 e. The van der Waals surface area contributed by atoms with Gasteiger partial charge in [-0.2, -0.15) is 4.91 Å². The lowest BCUT2D eigenvalue weighted by molar-refractivity contribution is -0.0230. The fourth-order valence-electron chi connectivity index (χ4n) is 2.91. The van der Waals surface area contributed by atoms with Crippen molar-refractivity contribution in [2.45, 2.75) is 24.4 Å². The van der Waals surface area contributed by atoms with Gasteiger partial charge in [-0.05, 0) is 22.9 Å². The van der Waals surface area contributed by atoms with Crippen LogP contribution in [0.25, 0.3) is 10.8 Å². The minimum Gasteiger partial charge on any atom is -0.496 e. The van der Waals surface area contributed by atoms with Gasteiger partial charge in [0.15, 0.2) is 6.04 Å². The van der Waals surface area contributed by atoms with E-state index >= 15 is 0 Å². The van der Waals surface area contributed by atoms with E-state index in [4.69, 9.17) is 9.47 Å². The van der Waals surface area contributed by atoms with Crippen LogP contribution in [0.5, 0.6) is 5.75 Å². The molecule has 6 nitrogen and oxygen atoms in total. The number of aliphatic hydroxyl groups is 2. The Morgan fingerprint density at radius 3 is 2.55 bits per heavy atom. The van der Waals surface area contributed by atoms with Gasteiger partial charge in [0.05, 0.1) is 13.7 Å². The van der Waals surface area contributed by atoms with Crippen LogP contribution in [0.3, 0.4) is 0 Å². The highest BCUT2D eigenvalue weighted by molar-refractivity contribution is 5.85. The van der Waals surface area contributed by atoms with E-state index in [1.807, 2.05) is 36.4 Å². The molecule has 0 aromatic heterocycles. The van der Waals surface area contributed by atoms with Gasteiger partial charge in [-0.25, -0.2) is 0 Å². The maximum absolute atomic E-state index is 11.1. The Balaban J connectivity index is 2.10. The lowest BCUT2D eigenvalue weighted by Crippen LogP contribution is -2.31. The third-order valence-electron chi connectivity index (χ3n) is 4.07. The van der Waals surface area contributed by atoms with Crippen LogP contribution in [0.1, 0.15) is 11.7 Å². The van der Waals surface area contributed by atoms with Crippen molar-refractivity contribution in [3.05, 3.63) is 46.9 Å². The van der Waals surface area contributed by atoms with Crippen molar-refractivity contribution in [2.75, 3.05) is 13.7 Å². The van der Waals surface area contributed by atoms with Gasteiger partial charge < -0.3 is 19.7 Å². The second-order valence-electron chi connectivity index (χ2n) is 5.31. The third kappa shape index (κ3) is 2.35. The summed E-state index contributed by atoms with van der Waals surface area (Å²) in [5.74, 6) is 0.558. The number of benzene rings is 2. The summed E-state index contributed by atoms with van der Waals surface area (Å²) in [5.41, 5.74) is 0.640. The van der Waals surface area contributed by atoms with Gasteiger partial charge in [-0.3, -0.25) is 0 Å². The molecule has 2 aromatic carbocycles. The second kappa shape index (κ2) is 6.00. The average Bonchev–Trinajstić information content (AvgIpc) is 2.89. The molecule has 4 unspecified atom stereocenters. The maximum Gasteiger partial charge on any atom is 0.151 e. The highest BCUT2D eigenvalue weighted by Gasteiger charge is 2.46. The average molecular weight is 303 g/mol. The van der Waals surface area contributed by atoms with Crippen molar-refractivity contribution >= 4 is 10.8 Å². The molecule has 3 rings (SSSR count). The minimum absolute atomic E-state index is 0.375. The molecule has 1 saturated heterocycles. The van der Waals surface area contributed by atoms with Crippen molar-refractivity contribution in [3.8, 4) is 5.75 Å². The predicted molar refractivity (Wildman–Crippen MR) is 80.8 cm³/mol. The first-order chi connectivity index (χ1) is 10.7. The SMILES string of the molecule is COc1cc2ccccc2cc1C1OC(CO)C(O)C1N=O. The molecular weight excluding hydrogens is 286 g/mol. The van der Waals surface area contributed by atoms with Crippen LogP contribution in [0.15, 0.2) is 41.6 Å². The van der Waals surface area contributed by atoms with Crippen molar-refractivity contribution in [3.63, 3.8) is 0 Å². The van der Waals surface area contributed by atoms with Gasteiger partial charge in [0, 0.05) is 5.56 Å². The summed E-state index contributed by atoms with van der Waals surface area (Å²) in [6, 6.07) is 10.5. The molecule has 22 heavy (non-hydrogen) atoms. The fraction of sp³-hybridized carbons (Fsp3) is 0.375. The highest BCUT2D eigenvalue weighted by atomic mass is 16.5. The second-order valence-corrected chi connectivity index (χ2v) is 5.31. The first kappa shape index (κ1) is 14.9. The summed E-state index contributed by atoms with van der Waals surface area (Å²) in [6.07, 6.45) is -2.71. The zero-order valence-electron chi connectivity index (χ0n) is 12.0. The summed E-state index contributed by atoms with van der Waals surface area (Å²) in [4.78, 5) is 11.1. The molecule has 4 atom stereocenters. The number of aliphatic hydroxyl groups excluding tert-OH is 2. The van der Waals surface area contributed by atoms with Gasteiger partial charge in [0.1, 0.15) is 24.1 Å². The molecular formula is C16H17NO5. The molecule has 0 aliphatic carbocycles. The fourth-order valence-corrected chi connectivity index (χ4v) is 2.91. The van der Waals surface area contributed by atoms with Gasteiger partial charge in [0.2, 0.25) is 0 Å². The molecule has 2 N–H and O–H groups in total. The molecule has 1 fully saturated rings. The van der Waals surface area contributed by atoms with E-state index in [1.54, 1.807) is 0 Å². The Kier molecular flexibility index (Phi) is 4.06. The van der Waals surface area contributed by atoms with Gasteiger partial charge in [-0.15, -0.1) is 0 Å². The first-order valence-electron chi connectivity index (χ1n) is 7.03.